The topological polar surface area (TPSA) is 109 Å². The summed E-state index contributed by atoms with van der Waals surface area (Å²) >= 11 is 0. The van der Waals surface area contributed by atoms with Crippen LogP contribution in [-0.4, -0.2) is 67.7 Å². The molecule has 0 bridgehead atoms. The van der Waals surface area contributed by atoms with Crippen molar-refractivity contribution in [3.63, 3.8) is 0 Å². The standard InChI is InChI=1S/C29H47N9O/c30-27-32-16-25-20-36(12-14-37(25)27)19-24-9-5-4-8-23(24)10-11-31-29(39)34-28-33-17-26-21-35(13-15-38(26)28)18-22-6-2-1-3-7-22/h16-17,22-24H,1-15,18-21H2,(H2,30,32)(H2,31,33,34,39). The van der Waals surface area contributed by atoms with Crippen LogP contribution in [0.15, 0.2) is 12.4 Å². The first kappa shape index (κ1) is 26.6. The van der Waals surface area contributed by atoms with Gasteiger partial charge in [-0.15, -0.1) is 0 Å². The van der Waals surface area contributed by atoms with E-state index in [1.807, 2.05) is 12.4 Å². The molecule has 2 unspecified atom stereocenters. The highest BCUT2D eigenvalue weighted by Gasteiger charge is 2.29. The first-order valence-electron chi connectivity index (χ1n) is 15.5. The molecule has 2 amide bonds. The fourth-order valence-electron chi connectivity index (χ4n) is 7.60. The number of nitrogen functional groups attached to an aromatic ring is 1. The third-order valence-corrected chi connectivity index (χ3v) is 9.78. The first-order valence-corrected chi connectivity index (χ1v) is 15.5. The molecule has 4 aliphatic rings. The predicted octanol–water partition coefficient (Wildman–Crippen LogP) is 3.89. The Morgan fingerprint density at radius 2 is 1.49 bits per heavy atom. The third-order valence-electron chi connectivity index (χ3n) is 9.78. The van der Waals surface area contributed by atoms with Crippen LogP contribution in [0, 0.1) is 17.8 Å². The van der Waals surface area contributed by atoms with Crippen LogP contribution >= 0.6 is 0 Å². The molecule has 10 heteroatoms. The second-order valence-corrected chi connectivity index (χ2v) is 12.4. The average Bonchev–Trinajstić information content (AvgIpc) is 3.52. The fraction of sp³-hybridized carbons (Fsp3) is 0.759. The Morgan fingerprint density at radius 3 is 2.31 bits per heavy atom. The summed E-state index contributed by atoms with van der Waals surface area (Å²) in [7, 11) is 0. The van der Waals surface area contributed by atoms with E-state index in [9.17, 15) is 4.79 Å². The van der Waals surface area contributed by atoms with E-state index < -0.39 is 0 Å². The van der Waals surface area contributed by atoms with Crippen LogP contribution in [0.4, 0.5) is 16.7 Å². The van der Waals surface area contributed by atoms with Crippen molar-refractivity contribution in [1.29, 1.82) is 0 Å². The van der Waals surface area contributed by atoms with Crippen LogP contribution < -0.4 is 16.4 Å². The molecule has 0 radical (unpaired) electrons. The second kappa shape index (κ2) is 12.3. The van der Waals surface area contributed by atoms with Gasteiger partial charge in [0.25, 0.3) is 0 Å². The van der Waals surface area contributed by atoms with Gasteiger partial charge in [0.15, 0.2) is 5.95 Å². The molecule has 2 saturated carbocycles. The molecule has 2 aliphatic heterocycles. The Bertz CT molecular complexity index is 1100. The lowest BCUT2D eigenvalue weighted by Crippen LogP contribution is -2.40. The van der Waals surface area contributed by atoms with Crippen molar-refractivity contribution in [3.05, 3.63) is 23.8 Å². The van der Waals surface area contributed by atoms with Gasteiger partial charge in [-0.2, -0.15) is 0 Å². The van der Waals surface area contributed by atoms with Crippen molar-refractivity contribution in [2.75, 3.05) is 43.8 Å². The van der Waals surface area contributed by atoms with E-state index in [1.165, 1.54) is 75.7 Å². The fourth-order valence-corrected chi connectivity index (χ4v) is 7.60. The highest BCUT2D eigenvalue weighted by Crippen LogP contribution is 2.34. The number of nitrogens with zero attached hydrogens (tertiary/aromatic N) is 6. The van der Waals surface area contributed by atoms with E-state index in [4.69, 9.17) is 5.73 Å². The number of amides is 2. The lowest BCUT2D eigenvalue weighted by Gasteiger charge is -2.37. The largest absolute Gasteiger partial charge is 0.369 e. The van der Waals surface area contributed by atoms with E-state index in [2.05, 4.69) is 39.5 Å². The van der Waals surface area contributed by atoms with Crippen LogP contribution in [0.5, 0.6) is 0 Å². The Morgan fingerprint density at radius 1 is 0.821 bits per heavy atom. The highest BCUT2D eigenvalue weighted by atomic mass is 16.2. The molecule has 214 valence electrons. The molecule has 10 nitrogen and oxygen atoms in total. The van der Waals surface area contributed by atoms with E-state index in [0.717, 1.165) is 58.2 Å². The third kappa shape index (κ3) is 6.43. The van der Waals surface area contributed by atoms with Crippen molar-refractivity contribution >= 4 is 17.9 Å². The minimum atomic E-state index is -0.137. The number of fused-ring (bicyclic) bond motifs is 2. The predicted molar refractivity (Wildman–Crippen MR) is 153 cm³/mol. The number of nitrogens with one attached hydrogen (secondary N) is 2. The maximum Gasteiger partial charge on any atom is 0.321 e. The van der Waals surface area contributed by atoms with Crippen LogP contribution in [0.3, 0.4) is 0 Å². The molecular weight excluding hydrogens is 490 g/mol. The lowest BCUT2D eigenvalue weighted by molar-refractivity contribution is 0.125. The molecule has 4 heterocycles. The second-order valence-electron chi connectivity index (χ2n) is 12.4. The van der Waals surface area contributed by atoms with Gasteiger partial charge in [0.1, 0.15) is 0 Å². The van der Waals surface area contributed by atoms with Gasteiger partial charge < -0.3 is 20.2 Å². The van der Waals surface area contributed by atoms with Crippen molar-refractivity contribution in [3.8, 4) is 0 Å². The van der Waals surface area contributed by atoms with Crippen molar-refractivity contribution in [1.82, 2.24) is 34.2 Å². The number of carbonyl (C=O) groups excluding carboxylic acids is 1. The van der Waals surface area contributed by atoms with Gasteiger partial charge in [-0.25, -0.2) is 14.8 Å². The van der Waals surface area contributed by atoms with Crippen LogP contribution in [-0.2, 0) is 26.2 Å². The number of rotatable bonds is 8. The molecular formula is C29H47N9O. The summed E-state index contributed by atoms with van der Waals surface area (Å²) in [5.74, 6) is 3.51. The summed E-state index contributed by atoms with van der Waals surface area (Å²) in [5.41, 5.74) is 8.43. The number of urea groups is 1. The number of hydrogen-bond acceptors (Lipinski definition) is 6. The normalized spacial score (nSPS) is 24.7. The zero-order valence-electron chi connectivity index (χ0n) is 23.5. The summed E-state index contributed by atoms with van der Waals surface area (Å²) in [4.78, 5) is 26.8. The summed E-state index contributed by atoms with van der Waals surface area (Å²) in [6.07, 6.45) is 17.0. The number of anilines is 2. The quantitative estimate of drug-likeness (QED) is 0.471. The van der Waals surface area contributed by atoms with E-state index in [0.29, 0.717) is 30.3 Å². The number of imidazole rings is 2. The number of carbonyl (C=O) groups is 1. The van der Waals surface area contributed by atoms with Gasteiger partial charge in [0.2, 0.25) is 5.95 Å². The number of aromatic nitrogens is 4. The minimum absolute atomic E-state index is 0.137. The van der Waals surface area contributed by atoms with Gasteiger partial charge in [-0.05, 0) is 43.4 Å². The molecule has 2 aromatic heterocycles. The molecule has 2 fully saturated rings. The number of nitrogens with two attached hydrogens (primary N) is 1. The molecule has 0 saturated heterocycles. The molecule has 2 aromatic rings. The highest BCUT2D eigenvalue weighted by molar-refractivity contribution is 5.87. The van der Waals surface area contributed by atoms with E-state index in [-0.39, 0.29) is 6.03 Å². The maximum absolute atomic E-state index is 12.8. The first-order chi connectivity index (χ1) is 19.1. The molecule has 0 aromatic carbocycles. The van der Waals surface area contributed by atoms with Crippen LogP contribution in [0.2, 0.25) is 0 Å². The monoisotopic (exact) mass is 537 g/mol. The van der Waals surface area contributed by atoms with Gasteiger partial charge in [-0.3, -0.25) is 15.1 Å². The number of hydrogen-bond donors (Lipinski definition) is 3. The van der Waals surface area contributed by atoms with Gasteiger partial charge in [0.05, 0.1) is 23.8 Å². The Hall–Kier alpha value is -2.59. The summed E-state index contributed by atoms with van der Waals surface area (Å²) < 4.78 is 4.33. The summed E-state index contributed by atoms with van der Waals surface area (Å²) in [6, 6.07) is -0.137. The summed E-state index contributed by atoms with van der Waals surface area (Å²) in [6.45, 7) is 8.79. The Balaban J connectivity index is 0.945. The molecule has 4 N–H and O–H groups in total. The molecule has 2 atom stereocenters. The molecule has 6 rings (SSSR count). The smallest absolute Gasteiger partial charge is 0.321 e. The SMILES string of the molecule is Nc1ncc2n1CCN(CC1CCCCC1CCNC(=O)Nc1ncc3n1CCN(CC1CCCCC1)C3)C2. The van der Waals surface area contributed by atoms with Crippen molar-refractivity contribution in [2.24, 2.45) is 17.8 Å². The molecule has 2 aliphatic carbocycles. The van der Waals surface area contributed by atoms with E-state index in [1.54, 1.807) is 0 Å². The molecule has 0 spiro atoms. The van der Waals surface area contributed by atoms with Crippen LogP contribution in [0.25, 0.3) is 0 Å². The van der Waals surface area contributed by atoms with Crippen molar-refractivity contribution < 1.29 is 4.79 Å². The van der Waals surface area contributed by atoms with Crippen LogP contribution in [0.1, 0.15) is 75.6 Å². The van der Waals surface area contributed by atoms with Gasteiger partial charge in [-0.1, -0.05) is 38.5 Å². The zero-order chi connectivity index (χ0) is 26.6. The Labute approximate surface area is 232 Å². The average molecular weight is 538 g/mol. The zero-order valence-corrected chi connectivity index (χ0v) is 23.5. The summed E-state index contributed by atoms with van der Waals surface area (Å²) in [5, 5.41) is 6.15. The Kier molecular flexibility index (Phi) is 8.39. The van der Waals surface area contributed by atoms with Gasteiger partial charge >= 0.3 is 6.03 Å². The molecule has 39 heavy (non-hydrogen) atoms. The lowest BCUT2D eigenvalue weighted by atomic mass is 9.77. The minimum Gasteiger partial charge on any atom is -0.369 e. The maximum atomic E-state index is 12.8. The van der Waals surface area contributed by atoms with Gasteiger partial charge in [0, 0.05) is 58.9 Å². The van der Waals surface area contributed by atoms with E-state index >= 15 is 0 Å². The van der Waals surface area contributed by atoms with Crippen molar-refractivity contribution in [2.45, 2.75) is 90.4 Å².